The Bertz CT molecular complexity index is 665. The number of benzene rings is 1. The van der Waals surface area contributed by atoms with E-state index in [-0.39, 0.29) is 38.5 Å². The van der Waals surface area contributed by atoms with E-state index < -0.39 is 25.8 Å². The van der Waals surface area contributed by atoms with Crippen molar-refractivity contribution in [3.05, 3.63) is 59.8 Å². The van der Waals surface area contributed by atoms with Gasteiger partial charge in [-0.3, -0.25) is 0 Å². The quantitative estimate of drug-likeness (QED) is 0.488. The molecule has 8 heteroatoms. The van der Waals surface area contributed by atoms with Gasteiger partial charge in [0.05, 0.1) is 6.54 Å². The largest absolute Gasteiger partial charge is 0.484 e. The smallest absolute Gasteiger partial charge is 0.422 e. The minimum Gasteiger partial charge on any atom is -0.484 e. The molecule has 0 saturated carbocycles. The zero-order valence-corrected chi connectivity index (χ0v) is 16.2. The molecule has 0 spiro atoms. The summed E-state index contributed by atoms with van der Waals surface area (Å²) in [6.07, 6.45) is -2.45. The molecule has 1 aliphatic heterocycles. The third kappa shape index (κ3) is 6.22. The van der Waals surface area contributed by atoms with Crippen LogP contribution in [0.15, 0.2) is 48.2 Å². The topological polar surface area (TPSA) is 12.5 Å². The van der Waals surface area contributed by atoms with E-state index in [1.165, 1.54) is 29.2 Å². The molecular weight excluding hydrogens is 418 g/mol. The standard InChI is InChI=1S/C17H15F5NO.Y/c1-11-3-8-15(23(12(11)2)9-16(18)19)13-4-6-14(7-5-13)24-10-17(20,21)22;/h3-7,16H,2,9-10H2,1H3;/q-1;. The summed E-state index contributed by atoms with van der Waals surface area (Å²) in [5.74, 6) is 0.0402. The molecule has 0 fully saturated rings. The Kier molecular flexibility index (Phi) is 7.81. The average molecular weight is 433 g/mol. The second kappa shape index (κ2) is 8.94. The second-order valence-electron chi connectivity index (χ2n) is 5.20. The van der Waals surface area contributed by atoms with Gasteiger partial charge in [0.25, 0.3) is 6.43 Å². The van der Waals surface area contributed by atoms with Crippen molar-refractivity contribution >= 4 is 5.70 Å². The number of rotatable bonds is 5. The van der Waals surface area contributed by atoms with Gasteiger partial charge in [-0.15, -0.1) is 17.7 Å². The zero-order valence-electron chi connectivity index (χ0n) is 13.4. The van der Waals surface area contributed by atoms with Gasteiger partial charge in [-0.25, -0.2) is 8.78 Å². The molecule has 0 aromatic heterocycles. The van der Waals surface area contributed by atoms with Gasteiger partial charge in [0.15, 0.2) is 6.61 Å². The van der Waals surface area contributed by atoms with Gasteiger partial charge < -0.3 is 9.64 Å². The van der Waals surface area contributed by atoms with E-state index in [0.29, 0.717) is 22.5 Å². The maximum Gasteiger partial charge on any atom is 0.422 e. The first-order valence-electron chi connectivity index (χ1n) is 7.02. The van der Waals surface area contributed by atoms with Gasteiger partial charge in [0.1, 0.15) is 5.75 Å². The van der Waals surface area contributed by atoms with Crippen LogP contribution < -0.4 is 4.74 Å². The summed E-state index contributed by atoms with van der Waals surface area (Å²) in [6, 6.07) is 5.69. The minimum atomic E-state index is -4.42. The third-order valence-corrected chi connectivity index (χ3v) is 3.33. The van der Waals surface area contributed by atoms with Crippen molar-refractivity contribution in [1.82, 2.24) is 4.90 Å². The van der Waals surface area contributed by atoms with Gasteiger partial charge in [-0.05, 0) is 17.8 Å². The van der Waals surface area contributed by atoms with Gasteiger partial charge in [-0.2, -0.15) is 25.3 Å². The molecule has 0 bridgehead atoms. The van der Waals surface area contributed by atoms with E-state index in [4.69, 9.17) is 0 Å². The third-order valence-electron chi connectivity index (χ3n) is 3.33. The number of halogens is 5. The first kappa shape index (κ1) is 21.8. The summed E-state index contributed by atoms with van der Waals surface area (Å²) in [4.78, 5) is 1.34. The van der Waals surface area contributed by atoms with Crippen LogP contribution in [-0.4, -0.2) is 30.7 Å². The van der Waals surface area contributed by atoms with Gasteiger partial charge in [0.2, 0.25) is 0 Å². The predicted molar refractivity (Wildman–Crippen MR) is 80.2 cm³/mol. The van der Waals surface area contributed by atoms with Crippen molar-refractivity contribution in [3.63, 3.8) is 0 Å². The van der Waals surface area contributed by atoms with Crippen LogP contribution in [0.4, 0.5) is 22.0 Å². The fourth-order valence-electron chi connectivity index (χ4n) is 2.14. The Morgan fingerprint density at radius 2 is 1.80 bits per heavy atom. The molecule has 1 aromatic rings. The number of nitrogens with zero attached hydrogens (tertiary/aromatic N) is 1. The number of alkyl halides is 5. The average Bonchev–Trinajstić information content (AvgIpc) is 2.50. The van der Waals surface area contributed by atoms with Crippen molar-refractivity contribution in [2.75, 3.05) is 13.2 Å². The fourth-order valence-corrected chi connectivity index (χ4v) is 2.14. The van der Waals surface area contributed by atoms with E-state index >= 15 is 0 Å². The number of allylic oxidation sites excluding steroid dienone is 3. The zero-order chi connectivity index (χ0) is 17.9. The molecule has 0 unspecified atom stereocenters. The van der Waals surface area contributed by atoms with Gasteiger partial charge >= 0.3 is 6.18 Å². The van der Waals surface area contributed by atoms with Crippen LogP contribution in [0, 0.1) is 6.08 Å². The molecule has 25 heavy (non-hydrogen) atoms. The normalized spacial score (nSPS) is 14.8. The Morgan fingerprint density at radius 3 is 2.32 bits per heavy atom. The van der Waals surface area contributed by atoms with Crippen molar-refractivity contribution < 1.29 is 59.4 Å². The van der Waals surface area contributed by atoms with E-state index in [9.17, 15) is 22.0 Å². The molecule has 1 heterocycles. The Balaban J connectivity index is 0.00000312. The first-order valence-corrected chi connectivity index (χ1v) is 7.02. The van der Waals surface area contributed by atoms with Crippen LogP contribution in [0.25, 0.3) is 5.70 Å². The molecule has 2 nitrogen and oxygen atoms in total. The molecule has 0 aliphatic carbocycles. The molecule has 0 amide bonds. The SMILES string of the molecule is C=C1C(C)=C[C-]=C(c2ccc(OCC(F)(F)F)cc2)N1CC(F)F.[Y]. The molecule has 1 radical (unpaired) electrons. The number of ether oxygens (including phenoxy) is 1. The molecule has 0 atom stereocenters. The van der Waals surface area contributed by atoms with E-state index in [1.807, 2.05) is 0 Å². The summed E-state index contributed by atoms with van der Waals surface area (Å²) in [5.41, 5.74) is 2.05. The molecule has 0 N–H and O–H groups in total. The minimum absolute atomic E-state index is 0. The van der Waals surface area contributed by atoms with Crippen LogP contribution in [0.1, 0.15) is 12.5 Å². The molecule has 1 aliphatic rings. The van der Waals surface area contributed by atoms with Crippen LogP contribution in [0.5, 0.6) is 5.75 Å². The van der Waals surface area contributed by atoms with Crippen molar-refractivity contribution in [2.45, 2.75) is 19.5 Å². The Labute approximate surface area is 167 Å². The summed E-state index contributed by atoms with van der Waals surface area (Å²) in [6.45, 7) is 3.59. The molecule has 1 aromatic carbocycles. The van der Waals surface area contributed by atoms with Crippen LogP contribution in [0.2, 0.25) is 0 Å². The molecular formula is C17H15F5NOY-. The monoisotopic (exact) mass is 433 g/mol. The maximum absolute atomic E-state index is 12.8. The van der Waals surface area contributed by atoms with E-state index in [0.717, 1.165) is 0 Å². The Hall–Kier alpha value is -1.21. The molecule has 2 rings (SSSR count). The van der Waals surface area contributed by atoms with Crippen molar-refractivity contribution in [1.29, 1.82) is 0 Å². The maximum atomic E-state index is 12.8. The summed E-state index contributed by atoms with van der Waals surface area (Å²) >= 11 is 0. The number of hydrogen-bond acceptors (Lipinski definition) is 2. The summed E-state index contributed by atoms with van der Waals surface area (Å²) < 4.78 is 66.6. The summed E-state index contributed by atoms with van der Waals surface area (Å²) in [7, 11) is 0. The Morgan fingerprint density at radius 1 is 1.20 bits per heavy atom. The summed E-state index contributed by atoms with van der Waals surface area (Å²) in [5, 5.41) is 0. The van der Waals surface area contributed by atoms with Crippen LogP contribution in [0.3, 0.4) is 0 Å². The van der Waals surface area contributed by atoms with Crippen molar-refractivity contribution in [3.8, 4) is 5.75 Å². The molecule has 133 valence electrons. The van der Waals surface area contributed by atoms with Crippen LogP contribution >= 0.6 is 0 Å². The second-order valence-corrected chi connectivity index (χ2v) is 5.20. The fraction of sp³-hybridized carbons (Fsp3) is 0.294. The van der Waals surface area contributed by atoms with Gasteiger partial charge in [-0.1, -0.05) is 24.8 Å². The van der Waals surface area contributed by atoms with Crippen molar-refractivity contribution in [2.24, 2.45) is 0 Å². The molecule has 0 saturated heterocycles. The predicted octanol–water partition coefficient (Wildman–Crippen LogP) is 4.81. The van der Waals surface area contributed by atoms with Gasteiger partial charge in [0, 0.05) is 32.7 Å². The number of hydrogen-bond donors (Lipinski definition) is 0. The van der Waals surface area contributed by atoms with E-state index in [2.05, 4.69) is 17.4 Å². The van der Waals surface area contributed by atoms with E-state index in [1.54, 1.807) is 13.0 Å². The van der Waals surface area contributed by atoms with Crippen LogP contribution in [-0.2, 0) is 32.7 Å². The first-order chi connectivity index (χ1) is 11.2.